The van der Waals surface area contributed by atoms with Gasteiger partial charge in [-0.2, -0.15) is 0 Å². The molecule has 2 aromatic rings. The van der Waals surface area contributed by atoms with Crippen LogP contribution < -0.4 is 15.4 Å². The van der Waals surface area contributed by atoms with E-state index < -0.39 is 0 Å². The van der Waals surface area contributed by atoms with Crippen molar-refractivity contribution in [2.45, 2.75) is 26.3 Å². The predicted octanol–water partition coefficient (Wildman–Crippen LogP) is 3.66. The lowest BCUT2D eigenvalue weighted by Crippen LogP contribution is -2.38. The van der Waals surface area contributed by atoms with E-state index in [2.05, 4.69) is 27.1 Å². The highest BCUT2D eigenvalue weighted by Gasteiger charge is 1.98. The monoisotopic (exact) mass is 474 g/mol. The van der Waals surface area contributed by atoms with Crippen molar-refractivity contribution in [1.29, 1.82) is 0 Å². The van der Waals surface area contributed by atoms with Crippen molar-refractivity contribution in [1.82, 2.24) is 15.2 Å². The molecule has 0 saturated heterocycles. The molecule has 0 spiro atoms. The molecule has 2 N–H and O–H groups in total. The van der Waals surface area contributed by atoms with Gasteiger partial charge in [0.2, 0.25) is 0 Å². The normalized spacial score (nSPS) is 10.9. The van der Waals surface area contributed by atoms with E-state index >= 15 is 0 Å². The van der Waals surface area contributed by atoms with Gasteiger partial charge in [0.15, 0.2) is 5.96 Å². The molecule has 0 saturated carbocycles. The molecule has 0 aliphatic heterocycles. The molecule has 5 nitrogen and oxygen atoms in total. The summed E-state index contributed by atoms with van der Waals surface area (Å²) in [6.45, 7) is 5.98. The second-order valence-corrected chi connectivity index (χ2v) is 5.62. The lowest BCUT2D eigenvalue weighted by molar-refractivity contribution is 0.307. The van der Waals surface area contributed by atoms with E-state index in [0.717, 1.165) is 45.0 Å². The molecule has 0 bridgehead atoms. The molecule has 0 radical (unpaired) electrons. The Labute approximate surface area is 172 Å². The number of aromatic nitrogens is 1. The van der Waals surface area contributed by atoms with Crippen LogP contribution in [-0.4, -0.2) is 36.8 Å². The van der Waals surface area contributed by atoms with Crippen molar-refractivity contribution < 1.29 is 9.13 Å². The first-order valence-electron chi connectivity index (χ1n) is 8.79. The summed E-state index contributed by atoms with van der Waals surface area (Å²) in [5.41, 5.74) is 0. The molecule has 0 fully saturated rings. The van der Waals surface area contributed by atoms with Crippen molar-refractivity contribution in [3.8, 4) is 5.75 Å². The molecule has 7 heteroatoms. The average molecular weight is 474 g/mol. The molecular weight excluding hydrogens is 446 g/mol. The second kappa shape index (κ2) is 13.4. The highest BCUT2D eigenvalue weighted by Crippen LogP contribution is 2.11. The Hall–Kier alpha value is -1.77. The minimum absolute atomic E-state index is 0. The molecule has 144 valence electrons. The number of aliphatic imine (C=N–C) groups is 1. The van der Waals surface area contributed by atoms with Gasteiger partial charge in [0, 0.05) is 38.6 Å². The van der Waals surface area contributed by atoms with Crippen LogP contribution in [0.3, 0.4) is 0 Å². The zero-order valence-electron chi connectivity index (χ0n) is 15.2. The Bertz CT molecular complexity index is 617. The third kappa shape index (κ3) is 9.07. The minimum Gasteiger partial charge on any atom is -0.494 e. The first kappa shape index (κ1) is 22.3. The zero-order chi connectivity index (χ0) is 17.7. The summed E-state index contributed by atoms with van der Waals surface area (Å²) in [6.07, 6.45) is 5.94. The van der Waals surface area contributed by atoms with Crippen LogP contribution in [0, 0.1) is 5.82 Å². The number of nitrogens with one attached hydrogen (secondary N) is 2. The van der Waals surface area contributed by atoms with E-state index in [0.29, 0.717) is 12.4 Å². The Balaban J connectivity index is 0.00000338. The van der Waals surface area contributed by atoms with Gasteiger partial charge in [0.1, 0.15) is 11.6 Å². The highest BCUT2D eigenvalue weighted by molar-refractivity contribution is 14.0. The van der Waals surface area contributed by atoms with Crippen molar-refractivity contribution in [3.05, 3.63) is 54.6 Å². The Kier molecular flexibility index (Phi) is 11.5. The number of unbranched alkanes of at least 4 members (excludes halogenated alkanes) is 1. The van der Waals surface area contributed by atoms with Crippen LogP contribution >= 0.6 is 24.0 Å². The quantitative estimate of drug-likeness (QED) is 0.239. The molecule has 0 aliphatic rings. The van der Waals surface area contributed by atoms with Crippen LogP contribution in [0.15, 0.2) is 53.8 Å². The molecule has 0 unspecified atom stereocenters. The van der Waals surface area contributed by atoms with Gasteiger partial charge in [-0.15, -0.1) is 24.0 Å². The maximum Gasteiger partial charge on any atom is 0.191 e. The average Bonchev–Trinajstić information content (AvgIpc) is 3.13. The summed E-state index contributed by atoms with van der Waals surface area (Å²) < 4.78 is 20.5. The molecule has 1 heterocycles. The topological polar surface area (TPSA) is 50.6 Å². The van der Waals surface area contributed by atoms with Gasteiger partial charge in [-0.3, -0.25) is 4.99 Å². The maximum atomic E-state index is 12.8. The number of hydrogen-bond donors (Lipinski definition) is 2. The fraction of sp³-hybridized carbons (Fsp3) is 0.421. The molecule has 1 aromatic heterocycles. The van der Waals surface area contributed by atoms with Crippen molar-refractivity contribution in [3.63, 3.8) is 0 Å². The molecule has 26 heavy (non-hydrogen) atoms. The van der Waals surface area contributed by atoms with Gasteiger partial charge in [0.25, 0.3) is 0 Å². The molecule has 1 aromatic carbocycles. The van der Waals surface area contributed by atoms with Gasteiger partial charge < -0.3 is 19.9 Å². The minimum atomic E-state index is -0.248. The lowest BCUT2D eigenvalue weighted by Gasteiger charge is -2.11. The molecule has 0 aliphatic carbocycles. The zero-order valence-corrected chi connectivity index (χ0v) is 17.5. The van der Waals surface area contributed by atoms with Gasteiger partial charge in [0.05, 0.1) is 6.61 Å². The Morgan fingerprint density at radius 2 is 1.85 bits per heavy atom. The summed E-state index contributed by atoms with van der Waals surface area (Å²) in [5.74, 6) is 1.29. The van der Waals surface area contributed by atoms with Crippen LogP contribution in [-0.2, 0) is 6.54 Å². The third-order valence-electron chi connectivity index (χ3n) is 3.58. The molecule has 2 rings (SSSR count). The van der Waals surface area contributed by atoms with E-state index in [9.17, 15) is 4.39 Å². The second-order valence-electron chi connectivity index (χ2n) is 5.62. The predicted molar refractivity (Wildman–Crippen MR) is 115 cm³/mol. The SMILES string of the molecule is CCNC(=NCCCCOc1ccc(F)cc1)NCCn1cccc1.I. The fourth-order valence-corrected chi connectivity index (χ4v) is 2.29. The van der Waals surface area contributed by atoms with Crippen LogP contribution in [0.4, 0.5) is 4.39 Å². The van der Waals surface area contributed by atoms with Crippen LogP contribution in [0.1, 0.15) is 19.8 Å². The number of rotatable bonds is 10. The fourth-order valence-electron chi connectivity index (χ4n) is 2.29. The van der Waals surface area contributed by atoms with Crippen LogP contribution in [0.25, 0.3) is 0 Å². The van der Waals surface area contributed by atoms with Gasteiger partial charge >= 0.3 is 0 Å². The van der Waals surface area contributed by atoms with Crippen molar-refractivity contribution in [2.24, 2.45) is 4.99 Å². The summed E-state index contributed by atoms with van der Waals surface area (Å²) in [4.78, 5) is 4.57. The number of benzene rings is 1. The van der Waals surface area contributed by atoms with Crippen LogP contribution in [0.5, 0.6) is 5.75 Å². The Morgan fingerprint density at radius 3 is 2.54 bits per heavy atom. The summed E-state index contributed by atoms with van der Waals surface area (Å²) >= 11 is 0. The Morgan fingerprint density at radius 1 is 1.12 bits per heavy atom. The smallest absolute Gasteiger partial charge is 0.191 e. The molecule has 0 atom stereocenters. The highest BCUT2D eigenvalue weighted by atomic mass is 127. The summed E-state index contributed by atoms with van der Waals surface area (Å²) in [7, 11) is 0. The number of ether oxygens (including phenoxy) is 1. The summed E-state index contributed by atoms with van der Waals surface area (Å²) in [6, 6.07) is 10.1. The number of halogens is 2. The lowest BCUT2D eigenvalue weighted by atomic mass is 10.3. The summed E-state index contributed by atoms with van der Waals surface area (Å²) in [5, 5.41) is 6.58. The van der Waals surface area contributed by atoms with Gasteiger partial charge in [-0.1, -0.05) is 0 Å². The number of guanidine groups is 1. The van der Waals surface area contributed by atoms with E-state index in [4.69, 9.17) is 4.74 Å². The third-order valence-corrected chi connectivity index (χ3v) is 3.58. The van der Waals surface area contributed by atoms with E-state index in [-0.39, 0.29) is 29.8 Å². The first-order valence-corrected chi connectivity index (χ1v) is 8.79. The maximum absolute atomic E-state index is 12.8. The first-order chi connectivity index (χ1) is 12.3. The molecular formula is C19H28FIN4O. The standard InChI is InChI=1S/C19H27FN4O.HI/c1-2-21-19(23-12-15-24-13-4-5-14-24)22-11-3-6-16-25-18-9-7-17(20)8-10-18;/h4-5,7-10,13-14H,2-3,6,11-12,15-16H2,1H3,(H2,21,22,23);1H. The van der Waals surface area contributed by atoms with E-state index in [1.165, 1.54) is 12.1 Å². The number of hydrogen-bond acceptors (Lipinski definition) is 2. The molecule has 0 amide bonds. The van der Waals surface area contributed by atoms with Crippen LogP contribution in [0.2, 0.25) is 0 Å². The van der Waals surface area contributed by atoms with Crippen molar-refractivity contribution >= 4 is 29.9 Å². The van der Waals surface area contributed by atoms with Gasteiger partial charge in [-0.25, -0.2) is 4.39 Å². The largest absolute Gasteiger partial charge is 0.494 e. The number of nitrogens with zero attached hydrogens (tertiary/aromatic N) is 2. The van der Waals surface area contributed by atoms with E-state index in [1.807, 2.05) is 24.5 Å². The van der Waals surface area contributed by atoms with E-state index in [1.54, 1.807) is 12.1 Å². The van der Waals surface area contributed by atoms with Gasteiger partial charge in [-0.05, 0) is 56.2 Å². The van der Waals surface area contributed by atoms with Crippen molar-refractivity contribution in [2.75, 3.05) is 26.2 Å².